The number of hydrogen-bond acceptors (Lipinski definition) is 4. The minimum atomic E-state index is -0.0391. The average molecular weight is 486 g/mol. The number of guanidine groups is 1. The fraction of sp³-hybridized carbons (Fsp3) is 0.500. The zero-order valence-electron chi connectivity index (χ0n) is 16.8. The third kappa shape index (κ3) is 8.19. The van der Waals surface area contributed by atoms with Crippen LogP contribution in [-0.4, -0.2) is 31.1 Å². The van der Waals surface area contributed by atoms with Crippen LogP contribution in [0.1, 0.15) is 44.4 Å². The van der Waals surface area contributed by atoms with E-state index in [4.69, 9.17) is 9.15 Å². The van der Waals surface area contributed by atoms with Gasteiger partial charge in [-0.05, 0) is 25.5 Å². The maximum absolute atomic E-state index is 5.77. The summed E-state index contributed by atoms with van der Waals surface area (Å²) in [4.78, 5) is 8.51. The van der Waals surface area contributed by atoms with E-state index in [-0.39, 0.29) is 29.4 Å². The lowest BCUT2D eigenvalue weighted by molar-refractivity contribution is 0.311. The standard InChI is InChI=1S/C20H30N4O2.HI/c1-15-7-9-16(10-8-15)25-12-6-11-22-19(21-5)24-14-18-23-13-17(26-18)20(2,3)4;/h7-10,13H,6,11-12,14H2,1-5H3,(H2,21,22,24);1H. The molecule has 6 nitrogen and oxygen atoms in total. The van der Waals surface area contributed by atoms with Crippen LogP contribution >= 0.6 is 24.0 Å². The van der Waals surface area contributed by atoms with Gasteiger partial charge in [-0.3, -0.25) is 4.99 Å². The van der Waals surface area contributed by atoms with Crippen LogP contribution in [0.2, 0.25) is 0 Å². The van der Waals surface area contributed by atoms with E-state index in [1.54, 1.807) is 13.2 Å². The molecule has 0 aliphatic carbocycles. The van der Waals surface area contributed by atoms with Crippen molar-refractivity contribution in [2.24, 2.45) is 4.99 Å². The fourth-order valence-corrected chi connectivity index (χ4v) is 2.22. The van der Waals surface area contributed by atoms with Crippen LogP contribution in [0.15, 0.2) is 39.9 Å². The summed E-state index contributed by atoms with van der Waals surface area (Å²) in [5.74, 6) is 3.15. The summed E-state index contributed by atoms with van der Waals surface area (Å²) in [5.41, 5.74) is 1.19. The van der Waals surface area contributed by atoms with Crippen molar-refractivity contribution in [2.45, 2.75) is 46.1 Å². The third-order valence-electron chi connectivity index (χ3n) is 3.83. The van der Waals surface area contributed by atoms with Crippen molar-refractivity contribution in [1.82, 2.24) is 15.6 Å². The van der Waals surface area contributed by atoms with Crippen molar-refractivity contribution >= 4 is 29.9 Å². The lowest BCUT2D eigenvalue weighted by atomic mass is 9.94. The number of ether oxygens (including phenoxy) is 1. The van der Waals surface area contributed by atoms with Crippen LogP contribution in [0.5, 0.6) is 5.75 Å². The molecule has 1 aromatic heterocycles. The molecule has 2 aromatic rings. The summed E-state index contributed by atoms with van der Waals surface area (Å²) in [6.45, 7) is 10.3. The molecule has 0 unspecified atom stereocenters. The molecule has 2 N–H and O–H groups in total. The molecule has 0 aliphatic rings. The molecule has 1 aromatic carbocycles. The topological polar surface area (TPSA) is 71.7 Å². The molecule has 0 atom stereocenters. The van der Waals surface area contributed by atoms with Gasteiger partial charge in [-0.15, -0.1) is 24.0 Å². The molecule has 0 bridgehead atoms. The summed E-state index contributed by atoms with van der Waals surface area (Å²) < 4.78 is 11.5. The quantitative estimate of drug-likeness (QED) is 0.268. The maximum Gasteiger partial charge on any atom is 0.213 e. The number of nitrogens with zero attached hydrogens (tertiary/aromatic N) is 2. The van der Waals surface area contributed by atoms with Gasteiger partial charge in [0.2, 0.25) is 5.89 Å². The fourth-order valence-electron chi connectivity index (χ4n) is 2.22. The number of rotatable bonds is 7. The van der Waals surface area contributed by atoms with Crippen LogP contribution < -0.4 is 15.4 Å². The second-order valence-corrected chi connectivity index (χ2v) is 7.24. The first kappa shape index (κ1) is 23.3. The number of aryl methyl sites for hydroxylation is 1. The predicted molar refractivity (Wildman–Crippen MR) is 120 cm³/mol. The Morgan fingerprint density at radius 2 is 1.89 bits per heavy atom. The minimum Gasteiger partial charge on any atom is -0.494 e. The van der Waals surface area contributed by atoms with Crippen LogP contribution in [0.25, 0.3) is 0 Å². The largest absolute Gasteiger partial charge is 0.494 e. The molecular formula is C20H31IN4O2. The van der Waals surface area contributed by atoms with Crippen molar-refractivity contribution in [2.75, 3.05) is 20.2 Å². The first-order chi connectivity index (χ1) is 12.4. The van der Waals surface area contributed by atoms with E-state index in [9.17, 15) is 0 Å². The van der Waals surface area contributed by atoms with Gasteiger partial charge >= 0.3 is 0 Å². The van der Waals surface area contributed by atoms with Crippen LogP contribution in [0.3, 0.4) is 0 Å². The lowest BCUT2D eigenvalue weighted by Crippen LogP contribution is -2.37. The first-order valence-corrected chi connectivity index (χ1v) is 8.97. The maximum atomic E-state index is 5.77. The van der Waals surface area contributed by atoms with Gasteiger partial charge in [0, 0.05) is 19.0 Å². The Morgan fingerprint density at radius 3 is 2.48 bits per heavy atom. The van der Waals surface area contributed by atoms with Crippen LogP contribution in [0.4, 0.5) is 0 Å². The Kier molecular flexibility index (Phi) is 9.62. The summed E-state index contributed by atoms with van der Waals surface area (Å²) in [6.07, 6.45) is 2.66. The van der Waals surface area contributed by atoms with E-state index in [1.165, 1.54) is 5.56 Å². The highest BCUT2D eigenvalue weighted by Crippen LogP contribution is 2.22. The van der Waals surface area contributed by atoms with Gasteiger partial charge in [0.1, 0.15) is 11.5 Å². The molecular weight excluding hydrogens is 455 g/mol. The molecule has 7 heteroatoms. The molecule has 2 rings (SSSR count). The van der Waals surface area contributed by atoms with Gasteiger partial charge in [0.05, 0.1) is 19.3 Å². The number of aromatic nitrogens is 1. The molecule has 150 valence electrons. The SMILES string of the molecule is CN=C(NCCCOc1ccc(C)cc1)NCc1ncc(C(C)(C)C)o1.I. The Hall–Kier alpha value is -1.77. The number of oxazole rings is 1. The van der Waals surface area contributed by atoms with Gasteiger partial charge in [-0.2, -0.15) is 0 Å². The second-order valence-electron chi connectivity index (χ2n) is 7.24. The molecule has 0 radical (unpaired) electrons. The van der Waals surface area contributed by atoms with Crippen molar-refractivity contribution in [1.29, 1.82) is 0 Å². The smallest absolute Gasteiger partial charge is 0.213 e. The van der Waals surface area contributed by atoms with Gasteiger partial charge < -0.3 is 19.8 Å². The normalized spacial score (nSPS) is 11.7. The Balaban J connectivity index is 0.00000364. The molecule has 0 spiro atoms. The molecule has 0 amide bonds. The number of benzene rings is 1. The highest BCUT2D eigenvalue weighted by molar-refractivity contribution is 14.0. The van der Waals surface area contributed by atoms with E-state index in [1.807, 2.05) is 24.3 Å². The molecule has 0 saturated carbocycles. The van der Waals surface area contributed by atoms with E-state index >= 15 is 0 Å². The monoisotopic (exact) mass is 486 g/mol. The number of aliphatic imine (C=N–C) groups is 1. The van der Waals surface area contributed by atoms with Crippen LogP contribution in [-0.2, 0) is 12.0 Å². The van der Waals surface area contributed by atoms with Gasteiger partial charge in [0.25, 0.3) is 0 Å². The molecule has 1 heterocycles. The molecule has 0 saturated heterocycles. The Morgan fingerprint density at radius 1 is 1.19 bits per heavy atom. The summed E-state index contributed by atoms with van der Waals surface area (Å²) >= 11 is 0. The first-order valence-electron chi connectivity index (χ1n) is 8.97. The zero-order valence-corrected chi connectivity index (χ0v) is 19.2. The van der Waals surface area contributed by atoms with Gasteiger partial charge in [-0.25, -0.2) is 4.98 Å². The van der Waals surface area contributed by atoms with Crippen LogP contribution in [0, 0.1) is 6.92 Å². The molecule has 0 fully saturated rings. The minimum absolute atomic E-state index is 0. The summed E-state index contributed by atoms with van der Waals surface area (Å²) in [6, 6.07) is 8.08. The van der Waals surface area contributed by atoms with Crippen molar-refractivity contribution in [3.8, 4) is 5.75 Å². The van der Waals surface area contributed by atoms with Gasteiger partial charge in [0.15, 0.2) is 5.96 Å². The van der Waals surface area contributed by atoms with Crippen molar-refractivity contribution < 1.29 is 9.15 Å². The van der Waals surface area contributed by atoms with E-state index in [0.29, 0.717) is 19.0 Å². The highest BCUT2D eigenvalue weighted by Gasteiger charge is 2.19. The third-order valence-corrected chi connectivity index (χ3v) is 3.83. The molecule has 27 heavy (non-hydrogen) atoms. The van der Waals surface area contributed by atoms with Crippen molar-refractivity contribution in [3.63, 3.8) is 0 Å². The predicted octanol–water partition coefficient (Wildman–Crippen LogP) is 4.03. The number of halogens is 1. The second kappa shape index (κ2) is 11.2. The Labute approximate surface area is 179 Å². The van der Waals surface area contributed by atoms with E-state index < -0.39 is 0 Å². The van der Waals surface area contributed by atoms with Gasteiger partial charge in [-0.1, -0.05) is 38.5 Å². The zero-order chi connectivity index (χ0) is 19.0. The van der Waals surface area contributed by atoms with E-state index in [0.717, 1.165) is 30.4 Å². The van der Waals surface area contributed by atoms with E-state index in [2.05, 4.69) is 48.3 Å². The van der Waals surface area contributed by atoms with Crippen molar-refractivity contribution in [3.05, 3.63) is 47.7 Å². The molecule has 0 aliphatic heterocycles. The number of nitrogens with one attached hydrogen (secondary N) is 2. The summed E-state index contributed by atoms with van der Waals surface area (Å²) in [5, 5.41) is 6.47. The lowest BCUT2D eigenvalue weighted by Gasteiger charge is -2.13. The summed E-state index contributed by atoms with van der Waals surface area (Å²) in [7, 11) is 1.74. The number of hydrogen-bond donors (Lipinski definition) is 2. The highest BCUT2D eigenvalue weighted by atomic mass is 127. The Bertz CT molecular complexity index is 706. The average Bonchev–Trinajstić information content (AvgIpc) is 3.08.